The summed E-state index contributed by atoms with van der Waals surface area (Å²) in [5, 5.41) is 20.6. The van der Waals surface area contributed by atoms with Crippen LogP contribution in [-0.4, -0.2) is 32.0 Å². The fraction of sp³-hybridized carbons (Fsp3) is 0.267. The summed E-state index contributed by atoms with van der Waals surface area (Å²) in [6, 6.07) is 5.24. The predicted molar refractivity (Wildman–Crippen MR) is 88.0 cm³/mol. The lowest BCUT2D eigenvalue weighted by Gasteiger charge is -2.08. The van der Waals surface area contributed by atoms with Crippen LogP contribution in [0, 0.1) is 24.0 Å². The SMILES string of the molecule is Cc1cc(C)nc(Sc2ccc(CC(N)C(=O)O)cc2[N+](=O)[O-])n1. The van der Waals surface area contributed by atoms with E-state index in [0.717, 1.165) is 23.1 Å². The van der Waals surface area contributed by atoms with E-state index in [9.17, 15) is 14.9 Å². The van der Waals surface area contributed by atoms with Crippen LogP contribution in [0.4, 0.5) is 5.69 Å². The standard InChI is InChI=1S/C15H16N4O4S/c1-8-5-9(2)18-15(17-8)24-13-4-3-10(6-11(16)14(20)21)7-12(13)19(22)23/h3-5,7,11H,6,16H2,1-2H3,(H,20,21). The average molecular weight is 348 g/mol. The molecule has 0 fully saturated rings. The number of benzene rings is 1. The van der Waals surface area contributed by atoms with Gasteiger partial charge in [0.05, 0.1) is 9.82 Å². The number of aryl methyl sites for hydroxylation is 2. The fourth-order valence-corrected chi connectivity index (χ4v) is 3.05. The maximum Gasteiger partial charge on any atom is 0.320 e. The van der Waals surface area contributed by atoms with Crippen LogP contribution in [0.1, 0.15) is 17.0 Å². The number of nitro groups is 1. The third-order valence-corrected chi connectivity index (χ3v) is 4.09. The van der Waals surface area contributed by atoms with E-state index in [0.29, 0.717) is 15.6 Å². The molecule has 0 bridgehead atoms. The van der Waals surface area contributed by atoms with Crippen LogP contribution >= 0.6 is 11.8 Å². The van der Waals surface area contributed by atoms with Gasteiger partial charge >= 0.3 is 5.97 Å². The molecule has 1 aromatic carbocycles. The molecule has 2 rings (SSSR count). The molecule has 1 aromatic heterocycles. The molecule has 24 heavy (non-hydrogen) atoms. The Morgan fingerprint density at radius 1 is 1.33 bits per heavy atom. The molecule has 0 saturated heterocycles. The zero-order chi connectivity index (χ0) is 17.9. The number of nitrogens with two attached hydrogens (primary N) is 1. The van der Waals surface area contributed by atoms with Gasteiger partial charge in [0, 0.05) is 17.5 Å². The topological polar surface area (TPSA) is 132 Å². The first kappa shape index (κ1) is 17.8. The zero-order valence-electron chi connectivity index (χ0n) is 13.1. The van der Waals surface area contributed by atoms with Crippen molar-refractivity contribution >= 4 is 23.4 Å². The van der Waals surface area contributed by atoms with Gasteiger partial charge in [0.15, 0.2) is 5.16 Å². The Bertz CT molecular complexity index is 777. The Hall–Kier alpha value is -2.52. The Kier molecular flexibility index (Phi) is 5.47. The van der Waals surface area contributed by atoms with E-state index in [1.807, 2.05) is 19.9 Å². The number of aromatic nitrogens is 2. The second kappa shape index (κ2) is 7.37. The molecule has 0 aliphatic heterocycles. The minimum atomic E-state index is -1.15. The van der Waals surface area contributed by atoms with Gasteiger partial charge in [-0.25, -0.2) is 9.97 Å². The predicted octanol–water partition coefficient (Wildman–Crippen LogP) is 2.11. The van der Waals surface area contributed by atoms with Crippen molar-refractivity contribution in [2.24, 2.45) is 5.73 Å². The lowest BCUT2D eigenvalue weighted by Crippen LogP contribution is -2.32. The van der Waals surface area contributed by atoms with Gasteiger partial charge in [0.2, 0.25) is 0 Å². The van der Waals surface area contributed by atoms with Crippen molar-refractivity contribution in [2.75, 3.05) is 0 Å². The third-order valence-electron chi connectivity index (χ3n) is 3.16. The molecule has 2 aromatic rings. The summed E-state index contributed by atoms with van der Waals surface area (Å²) in [5.74, 6) is -1.15. The van der Waals surface area contributed by atoms with Gasteiger partial charge in [-0.1, -0.05) is 6.07 Å². The van der Waals surface area contributed by atoms with Crippen LogP contribution < -0.4 is 5.73 Å². The van der Waals surface area contributed by atoms with Crippen molar-refractivity contribution < 1.29 is 14.8 Å². The third kappa shape index (κ3) is 4.49. The van der Waals surface area contributed by atoms with Crippen molar-refractivity contribution in [1.29, 1.82) is 0 Å². The molecular formula is C15H16N4O4S. The molecule has 0 spiro atoms. The quantitative estimate of drug-likeness (QED) is 0.461. The van der Waals surface area contributed by atoms with E-state index < -0.39 is 16.9 Å². The molecule has 8 nitrogen and oxygen atoms in total. The van der Waals surface area contributed by atoms with Crippen molar-refractivity contribution in [2.45, 2.75) is 36.4 Å². The van der Waals surface area contributed by atoms with Crippen LogP contribution in [0.15, 0.2) is 34.3 Å². The van der Waals surface area contributed by atoms with Crippen molar-refractivity contribution in [3.63, 3.8) is 0 Å². The van der Waals surface area contributed by atoms with Crippen molar-refractivity contribution in [1.82, 2.24) is 9.97 Å². The first-order chi connectivity index (χ1) is 11.3. The van der Waals surface area contributed by atoms with Crippen LogP contribution in [0.3, 0.4) is 0 Å². The Morgan fingerprint density at radius 2 is 1.96 bits per heavy atom. The summed E-state index contributed by atoms with van der Waals surface area (Å²) >= 11 is 1.09. The lowest BCUT2D eigenvalue weighted by molar-refractivity contribution is -0.387. The Morgan fingerprint density at radius 3 is 2.50 bits per heavy atom. The van der Waals surface area contributed by atoms with E-state index in [2.05, 4.69) is 9.97 Å². The van der Waals surface area contributed by atoms with Gasteiger partial charge in [-0.15, -0.1) is 0 Å². The molecule has 9 heteroatoms. The molecule has 0 aliphatic rings. The normalized spacial score (nSPS) is 12.0. The molecule has 0 saturated carbocycles. The number of carbonyl (C=O) groups is 1. The maximum atomic E-state index is 11.3. The highest BCUT2D eigenvalue weighted by Crippen LogP contribution is 2.34. The van der Waals surface area contributed by atoms with Crippen LogP contribution in [-0.2, 0) is 11.2 Å². The molecular weight excluding hydrogens is 332 g/mol. The van der Waals surface area contributed by atoms with Crippen molar-refractivity contribution in [3.8, 4) is 0 Å². The minimum Gasteiger partial charge on any atom is -0.480 e. The van der Waals surface area contributed by atoms with E-state index >= 15 is 0 Å². The van der Waals surface area contributed by atoms with Gasteiger partial charge < -0.3 is 10.8 Å². The number of aliphatic carboxylic acids is 1. The first-order valence-corrected chi connectivity index (χ1v) is 7.83. The second-order valence-corrected chi connectivity index (χ2v) is 6.25. The maximum absolute atomic E-state index is 11.3. The number of nitrogens with zero attached hydrogens (tertiary/aromatic N) is 3. The highest BCUT2D eigenvalue weighted by atomic mass is 32.2. The highest BCUT2D eigenvalue weighted by Gasteiger charge is 2.19. The molecule has 126 valence electrons. The van der Waals surface area contributed by atoms with Gasteiger partial charge in [0.25, 0.3) is 5.69 Å². The minimum absolute atomic E-state index is 0.0151. The molecule has 0 radical (unpaired) electrons. The highest BCUT2D eigenvalue weighted by molar-refractivity contribution is 7.99. The van der Waals surface area contributed by atoms with Gasteiger partial charge in [0.1, 0.15) is 6.04 Å². The molecule has 1 heterocycles. The van der Waals surface area contributed by atoms with Gasteiger partial charge in [-0.2, -0.15) is 0 Å². The van der Waals surface area contributed by atoms with E-state index in [-0.39, 0.29) is 12.1 Å². The van der Waals surface area contributed by atoms with Crippen LogP contribution in [0.5, 0.6) is 0 Å². The average Bonchev–Trinajstić information content (AvgIpc) is 2.47. The molecule has 0 aliphatic carbocycles. The zero-order valence-corrected chi connectivity index (χ0v) is 13.9. The Balaban J connectivity index is 2.32. The molecule has 0 amide bonds. The van der Waals surface area contributed by atoms with Crippen LogP contribution in [0.2, 0.25) is 0 Å². The van der Waals surface area contributed by atoms with Gasteiger partial charge in [-0.3, -0.25) is 14.9 Å². The Labute approximate surface area is 142 Å². The summed E-state index contributed by atoms with van der Waals surface area (Å²) in [4.78, 5) is 30.5. The van der Waals surface area contributed by atoms with E-state index in [1.54, 1.807) is 12.1 Å². The van der Waals surface area contributed by atoms with Crippen LogP contribution in [0.25, 0.3) is 0 Å². The van der Waals surface area contributed by atoms with Gasteiger partial charge in [-0.05, 0) is 49.7 Å². The number of carboxylic acids is 1. The smallest absolute Gasteiger partial charge is 0.320 e. The summed E-state index contributed by atoms with van der Waals surface area (Å²) in [5.41, 5.74) is 7.39. The number of rotatable bonds is 6. The largest absolute Gasteiger partial charge is 0.480 e. The number of hydrogen-bond acceptors (Lipinski definition) is 7. The van der Waals surface area contributed by atoms with E-state index in [4.69, 9.17) is 10.8 Å². The number of hydrogen-bond donors (Lipinski definition) is 2. The number of carboxylic acid groups (broad SMARTS) is 1. The van der Waals surface area contributed by atoms with E-state index in [1.165, 1.54) is 6.07 Å². The summed E-state index contributed by atoms with van der Waals surface area (Å²) in [6.45, 7) is 3.65. The van der Waals surface area contributed by atoms with Crippen molar-refractivity contribution in [3.05, 3.63) is 51.3 Å². The summed E-state index contributed by atoms with van der Waals surface area (Å²) in [6.07, 6.45) is 0.0151. The lowest BCUT2D eigenvalue weighted by atomic mass is 10.1. The molecule has 3 N–H and O–H groups in total. The summed E-state index contributed by atoms with van der Waals surface area (Å²) in [7, 11) is 0. The number of nitro benzene ring substituents is 1. The monoisotopic (exact) mass is 348 g/mol. The fourth-order valence-electron chi connectivity index (χ4n) is 2.10. The first-order valence-electron chi connectivity index (χ1n) is 7.02. The second-order valence-electron chi connectivity index (χ2n) is 5.24. The molecule has 1 unspecified atom stereocenters. The summed E-state index contributed by atoms with van der Waals surface area (Å²) < 4.78 is 0. The molecule has 1 atom stereocenters.